The van der Waals surface area contributed by atoms with E-state index >= 15 is 4.39 Å². The van der Waals surface area contributed by atoms with Crippen molar-refractivity contribution >= 4 is 5.69 Å². The molecule has 0 aromatic heterocycles. The van der Waals surface area contributed by atoms with Crippen LogP contribution in [-0.2, 0) is 0 Å². The lowest BCUT2D eigenvalue weighted by molar-refractivity contribution is -0.0884. The maximum atomic E-state index is 15.1. The molecule has 1 unspecified atom stereocenters. The van der Waals surface area contributed by atoms with Gasteiger partial charge in [0.1, 0.15) is 17.5 Å². The zero-order valence-electron chi connectivity index (χ0n) is 20.7. The monoisotopic (exact) mass is 498 g/mol. The molecule has 1 N–H and O–H groups in total. The van der Waals surface area contributed by atoms with Gasteiger partial charge < -0.3 is 10.2 Å². The zero-order valence-corrected chi connectivity index (χ0v) is 20.7. The third-order valence-corrected chi connectivity index (χ3v) is 5.89. The highest BCUT2D eigenvalue weighted by molar-refractivity contribution is 5.57. The predicted molar refractivity (Wildman–Crippen MR) is 129 cm³/mol. The molecule has 192 valence electrons. The van der Waals surface area contributed by atoms with E-state index in [4.69, 9.17) is 0 Å². The van der Waals surface area contributed by atoms with Crippen molar-refractivity contribution in [1.29, 1.82) is 0 Å². The minimum atomic E-state index is -4.64. The summed E-state index contributed by atoms with van der Waals surface area (Å²) in [5, 5.41) is 3.10. The fraction of sp³-hybridized carbons (Fsp3) is 0.407. The number of alkyl halides is 3. The number of hydrogen-bond donors (Lipinski definition) is 1. The summed E-state index contributed by atoms with van der Waals surface area (Å²) >= 11 is 0. The fourth-order valence-corrected chi connectivity index (χ4v) is 3.89. The number of rotatable bonds is 8. The van der Waals surface area contributed by atoms with Crippen LogP contribution in [0.1, 0.15) is 47.0 Å². The number of anilines is 1. The van der Waals surface area contributed by atoms with Gasteiger partial charge in [-0.2, -0.15) is 13.2 Å². The van der Waals surface area contributed by atoms with Crippen molar-refractivity contribution in [3.8, 4) is 0 Å². The standard InChI is InChI=1S/C27H32F6N2/c1-6-9-18(27(31,32)33)12-23(24(30)8-3)22(17(4)7-2)16-26-25(10-11-35(26)5)34-21-14-19(28)13-20(29)15-21/h8-9,12-16,25,34H,6-7,10-11H2,1-5H3/b18-9-,22-17?,23-12-,24-8+,26-16-. The van der Waals surface area contributed by atoms with E-state index < -0.39 is 29.2 Å². The molecule has 8 heteroatoms. The van der Waals surface area contributed by atoms with E-state index in [0.717, 1.165) is 24.3 Å². The fourth-order valence-electron chi connectivity index (χ4n) is 3.89. The van der Waals surface area contributed by atoms with E-state index in [1.807, 2.05) is 18.9 Å². The summed E-state index contributed by atoms with van der Waals surface area (Å²) in [6, 6.07) is 2.74. The van der Waals surface area contributed by atoms with Crippen LogP contribution in [0.4, 0.5) is 32.0 Å². The molecule has 1 fully saturated rings. The van der Waals surface area contributed by atoms with Crippen LogP contribution in [0.2, 0.25) is 0 Å². The van der Waals surface area contributed by atoms with Crippen molar-refractivity contribution in [2.45, 2.75) is 59.2 Å². The Morgan fingerprint density at radius 1 is 1.14 bits per heavy atom. The molecule has 1 aromatic carbocycles. The Kier molecular flexibility index (Phi) is 9.86. The van der Waals surface area contributed by atoms with Crippen molar-refractivity contribution in [3.05, 3.63) is 88.0 Å². The molecular weight excluding hydrogens is 466 g/mol. The average Bonchev–Trinajstić information content (AvgIpc) is 3.11. The quantitative estimate of drug-likeness (QED) is 0.286. The number of halogens is 6. The van der Waals surface area contributed by atoms with Gasteiger partial charge in [-0.3, -0.25) is 0 Å². The minimum absolute atomic E-state index is 0.141. The Labute approximate surface area is 203 Å². The Hall–Kier alpha value is -2.90. The molecule has 1 heterocycles. The molecule has 0 spiro atoms. The highest BCUT2D eigenvalue weighted by Crippen LogP contribution is 2.35. The van der Waals surface area contributed by atoms with E-state index in [1.165, 1.54) is 19.1 Å². The van der Waals surface area contributed by atoms with Gasteiger partial charge in [-0.25, -0.2) is 13.2 Å². The highest BCUT2D eigenvalue weighted by Gasteiger charge is 2.33. The van der Waals surface area contributed by atoms with E-state index in [0.29, 0.717) is 36.2 Å². The number of hydrogen-bond acceptors (Lipinski definition) is 2. The van der Waals surface area contributed by atoms with Gasteiger partial charge in [-0.05, 0) is 63.0 Å². The number of nitrogens with zero attached hydrogens (tertiary/aromatic N) is 1. The summed E-state index contributed by atoms with van der Waals surface area (Å²) in [5.41, 5.74) is 0.890. The van der Waals surface area contributed by atoms with Gasteiger partial charge in [0.15, 0.2) is 0 Å². The lowest BCUT2D eigenvalue weighted by Crippen LogP contribution is -2.22. The van der Waals surface area contributed by atoms with E-state index in [1.54, 1.807) is 19.9 Å². The molecule has 0 aliphatic carbocycles. The van der Waals surface area contributed by atoms with Crippen molar-refractivity contribution in [1.82, 2.24) is 4.90 Å². The van der Waals surface area contributed by atoms with Gasteiger partial charge >= 0.3 is 6.18 Å². The van der Waals surface area contributed by atoms with Crippen LogP contribution < -0.4 is 5.32 Å². The molecule has 1 atom stereocenters. The van der Waals surface area contributed by atoms with E-state index in [2.05, 4.69) is 5.32 Å². The summed E-state index contributed by atoms with van der Waals surface area (Å²) < 4.78 is 83.4. The molecule has 1 aliphatic heterocycles. The number of allylic oxidation sites excluding steroid dienone is 9. The minimum Gasteiger partial charge on any atom is -0.377 e. The van der Waals surface area contributed by atoms with Gasteiger partial charge in [0, 0.05) is 36.6 Å². The molecule has 1 aromatic rings. The molecule has 0 saturated carbocycles. The second-order valence-electron chi connectivity index (χ2n) is 8.44. The number of benzene rings is 1. The zero-order chi connectivity index (χ0) is 26.3. The van der Waals surface area contributed by atoms with Crippen molar-refractivity contribution < 1.29 is 26.3 Å². The Bertz CT molecular complexity index is 1040. The first-order valence-electron chi connectivity index (χ1n) is 11.6. The summed E-state index contributed by atoms with van der Waals surface area (Å²) in [4.78, 5) is 1.90. The normalized spacial score (nSPS) is 20.0. The van der Waals surface area contributed by atoms with Crippen LogP contribution in [-0.4, -0.2) is 30.7 Å². The molecule has 2 nitrogen and oxygen atoms in total. The van der Waals surface area contributed by atoms with Crippen LogP contribution in [0.15, 0.2) is 76.3 Å². The van der Waals surface area contributed by atoms with Crippen molar-refractivity contribution in [2.24, 2.45) is 0 Å². The maximum Gasteiger partial charge on any atom is 0.416 e. The van der Waals surface area contributed by atoms with E-state index in [9.17, 15) is 22.0 Å². The van der Waals surface area contributed by atoms with Crippen molar-refractivity contribution in [2.75, 3.05) is 18.9 Å². The number of likely N-dealkylation sites (N-methyl/N-ethyl adjacent to an activating group) is 1. The van der Waals surface area contributed by atoms with Crippen LogP contribution in [0.3, 0.4) is 0 Å². The second-order valence-corrected chi connectivity index (χ2v) is 8.44. The molecule has 1 aliphatic rings. The molecule has 1 saturated heterocycles. The lowest BCUT2D eigenvalue weighted by atomic mass is 9.93. The Morgan fingerprint density at radius 3 is 2.29 bits per heavy atom. The van der Waals surface area contributed by atoms with Gasteiger partial charge in [0.2, 0.25) is 0 Å². The van der Waals surface area contributed by atoms with Crippen LogP contribution >= 0.6 is 0 Å². The summed E-state index contributed by atoms with van der Waals surface area (Å²) in [7, 11) is 1.81. The largest absolute Gasteiger partial charge is 0.416 e. The topological polar surface area (TPSA) is 15.3 Å². The van der Waals surface area contributed by atoms with Crippen LogP contribution in [0.5, 0.6) is 0 Å². The van der Waals surface area contributed by atoms with Gasteiger partial charge in [-0.1, -0.05) is 31.6 Å². The summed E-state index contributed by atoms with van der Waals surface area (Å²) in [6.07, 6.45) is 1.27. The number of likely N-dealkylation sites (tertiary alicyclic amines) is 1. The second kappa shape index (κ2) is 12.2. The van der Waals surface area contributed by atoms with Crippen molar-refractivity contribution in [3.63, 3.8) is 0 Å². The molecule has 2 rings (SSSR count). The average molecular weight is 499 g/mol. The molecule has 35 heavy (non-hydrogen) atoms. The summed E-state index contributed by atoms with van der Waals surface area (Å²) in [5.74, 6) is -2.22. The first-order chi connectivity index (χ1) is 16.4. The summed E-state index contributed by atoms with van der Waals surface area (Å²) in [6.45, 7) is 7.21. The first kappa shape index (κ1) is 28.3. The highest BCUT2D eigenvalue weighted by atomic mass is 19.4. The molecule has 0 amide bonds. The smallest absolute Gasteiger partial charge is 0.377 e. The Balaban J connectivity index is 2.65. The first-order valence-corrected chi connectivity index (χ1v) is 11.6. The third kappa shape index (κ3) is 7.54. The molecule has 0 bridgehead atoms. The van der Waals surface area contributed by atoms with Crippen LogP contribution in [0, 0.1) is 11.6 Å². The predicted octanol–water partition coefficient (Wildman–Crippen LogP) is 8.39. The SMILES string of the molecule is C\C=C(F)/C(=C\C(=C\CC)C(F)(F)F)C(/C=C1/C(Nc2cc(F)cc(F)c2)CCN1C)=C(C)CC. The molecular formula is C27H32F6N2. The van der Waals surface area contributed by atoms with E-state index in [-0.39, 0.29) is 23.7 Å². The van der Waals surface area contributed by atoms with Gasteiger partial charge in [-0.15, -0.1) is 0 Å². The van der Waals surface area contributed by atoms with Gasteiger partial charge in [0.25, 0.3) is 0 Å². The lowest BCUT2D eigenvalue weighted by Gasteiger charge is -2.22. The molecule has 0 radical (unpaired) electrons. The van der Waals surface area contributed by atoms with Crippen LogP contribution in [0.25, 0.3) is 0 Å². The maximum absolute atomic E-state index is 15.1. The third-order valence-electron chi connectivity index (χ3n) is 5.89. The Morgan fingerprint density at radius 2 is 1.77 bits per heavy atom. The number of nitrogens with one attached hydrogen (secondary N) is 1. The van der Waals surface area contributed by atoms with Gasteiger partial charge in [0.05, 0.1) is 11.6 Å².